The van der Waals surface area contributed by atoms with Gasteiger partial charge in [-0.2, -0.15) is 0 Å². The molecule has 5 heteroatoms. The van der Waals surface area contributed by atoms with Crippen molar-refractivity contribution in [2.45, 2.75) is 73.5 Å². The topological polar surface area (TPSA) is 0 Å². The SMILES string of the molecule is CCCc1ccc(-c2cccc3c2C=C(c2ccc(CC)s2)[CH]3[Zr+2][CH]2C(c3ccc(CC)s3)=Cc3c(-c4ccc(CCC)cc4)cccc32)cc1.[Cl-].[Cl-]. The average molecular weight is 849 g/mol. The average Bonchev–Trinajstić information content (AvgIpc) is 3.98. The summed E-state index contributed by atoms with van der Waals surface area (Å²) in [6.07, 6.45) is 12.0. The van der Waals surface area contributed by atoms with Gasteiger partial charge in [0.2, 0.25) is 0 Å². The van der Waals surface area contributed by atoms with Crippen LogP contribution in [-0.2, 0) is 48.9 Å². The molecule has 2 aromatic heterocycles. The second kappa shape index (κ2) is 17.8. The molecule has 0 N–H and O–H groups in total. The van der Waals surface area contributed by atoms with Crippen molar-refractivity contribution in [1.82, 2.24) is 0 Å². The van der Waals surface area contributed by atoms with E-state index >= 15 is 0 Å². The number of hydrogen-bond donors (Lipinski definition) is 0. The third-order valence-corrected chi connectivity index (χ3v) is 17.9. The summed E-state index contributed by atoms with van der Waals surface area (Å²) in [4.78, 5) is 5.88. The fraction of sp³-hybridized carbons (Fsp3) is 0.250. The van der Waals surface area contributed by atoms with E-state index in [0.29, 0.717) is 7.25 Å². The number of aryl methyl sites for hydroxylation is 4. The third-order valence-electron chi connectivity index (χ3n) is 10.7. The van der Waals surface area contributed by atoms with Crippen LogP contribution in [0.25, 0.3) is 45.6 Å². The molecule has 53 heavy (non-hydrogen) atoms. The van der Waals surface area contributed by atoms with Crippen molar-refractivity contribution in [3.8, 4) is 22.3 Å². The summed E-state index contributed by atoms with van der Waals surface area (Å²) in [7, 11) is 0. The summed E-state index contributed by atoms with van der Waals surface area (Å²) >= 11 is 2.84. The Bertz CT molecular complexity index is 2080. The van der Waals surface area contributed by atoms with Gasteiger partial charge < -0.3 is 24.8 Å². The molecular formula is C48H46Cl2S2Zr. The molecule has 0 saturated heterocycles. The Morgan fingerprint density at radius 1 is 0.491 bits per heavy atom. The molecule has 2 atom stereocenters. The van der Waals surface area contributed by atoms with Crippen molar-refractivity contribution < 1.29 is 48.0 Å². The molecule has 0 saturated carbocycles. The summed E-state index contributed by atoms with van der Waals surface area (Å²) in [6, 6.07) is 42.6. The van der Waals surface area contributed by atoms with Gasteiger partial charge >= 0.3 is 327 Å². The number of fused-ring (bicyclic) bond motifs is 2. The molecule has 0 amide bonds. The number of halogens is 2. The van der Waals surface area contributed by atoms with Gasteiger partial charge in [0.25, 0.3) is 0 Å². The van der Waals surface area contributed by atoms with Crippen LogP contribution in [0.1, 0.15) is 101 Å². The minimum atomic E-state index is -1.18. The molecule has 0 nitrogen and oxygen atoms in total. The van der Waals surface area contributed by atoms with Crippen LogP contribution in [0.2, 0.25) is 0 Å². The molecule has 2 unspecified atom stereocenters. The fourth-order valence-corrected chi connectivity index (χ4v) is 15.5. The van der Waals surface area contributed by atoms with Crippen LogP contribution in [0.5, 0.6) is 0 Å². The summed E-state index contributed by atoms with van der Waals surface area (Å²) in [6.45, 7) is 9.10. The summed E-state index contributed by atoms with van der Waals surface area (Å²) in [5.74, 6) is 0. The van der Waals surface area contributed by atoms with E-state index in [1.165, 1.54) is 76.9 Å². The Balaban J connectivity index is 0.00000240. The van der Waals surface area contributed by atoms with Crippen molar-refractivity contribution in [2.24, 2.45) is 0 Å². The van der Waals surface area contributed by atoms with Crippen LogP contribution >= 0.6 is 22.7 Å². The molecule has 2 heterocycles. The van der Waals surface area contributed by atoms with Crippen molar-refractivity contribution in [2.75, 3.05) is 0 Å². The molecular weight excluding hydrogens is 803 g/mol. The van der Waals surface area contributed by atoms with Crippen LogP contribution in [0.4, 0.5) is 0 Å². The molecule has 2 aliphatic rings. The second-order valence-electron chi connectivity index (χ2n) is 14.0. The number of benzene rings is 4. The van der Waals surface area contributed by atoms with Crippen LogP contribution in [0, 0.1) is 0 Å². The zero-order chi connectivity index (χ0) is 34.9. The van der Waals surface area contributed by atoms with Crippen LogP contribution in [0.3, 0.4) is 0 Å². The van der Waals surface area contributed by atoms with Crippen molar-refractivity contribution in [1.29, 1.82) is 0 Å². The van der Waals surface area contributed by atoms with Gasteiger partial charge in [0.15, 0.2) is 0 Å². The first-order valence-electron chi connectivity index (χ1n) is 18.9. The molecule has 0 aliphatic heterocycles. The summed E-state index contributed by atoms with van der Waals surface area (Å²) < 4.78 is 0.960. The summed E-state index contributed by atoms with van der Waals surface area (Å²) in [5, 5.41) is 0. The maximum Gasteiger partial charge on any atom is -1.00 e. The molecule has 0 bridgehead atoms. The van der Waals surface area contributed by atoms with Crippen molar-refractivity contribution >= 4 is 46.0 Å². The van der Waals surface area contributed by atoms with E-state index in [4.69, 9.17) is 0 Å². The Labute approximate surface area is 348 Å². The van der Waals surface area contributed by atoms with Gasteiger partial charge in [0.1, 0.15) is 0 Å². The quantitative estimate of drug-likeness (QED) is 0.117. The maximum absolute atomic E-state index is 2.59. The minimum Gasteiger partial charge on any atom is -1.00 e. The van der Waals surface area contributed by atoms with Crippen LogP contribution in [0.15, 0.2) is 109 Å². The molecule has 6 aromatic rings. The van der Waals surface area contributed by atoms with Crippen molar-refractivity contribution in [3.05, 3.63) is 162 Å². The first-order chi connectivity index (χ1) is 25.1. The first-order valence-corrected chi connectivity index (χ1v) is 23.4. The van der Waals surface area contributed by atoms with E-state index in [9.17, 15) is 0 Å². The number of rotatable bonds is 12. The molecule has 0 spiro atoms. The molecule has 4 aromatic carbocycles. The second-order valence-corrected chi connectivity index (χ2v) is 20.0. The molecule has 2 aliphatic carbocycles. The molecule has 0 radical (unpaired) electrons. The predicted molar refractivity (Wildman–Crippen MR) is 220 cm³/mol. The van der Waals surface area contributed by atoms with Crippen LogP contribution < -0.4 is 24.8 Å². The monoisotopic (exact) mass is 846 g/mol. The van der Waals surface area contributed by atoms with E-state index in [2.05, 4.69) is 149 Å². The predicted octanol–water partition coefficient (Wildman–Crippen LogP) is 8.15. The van der Waals surface area contributed by atoms with E-state index in [-0.39, 0.29) is 24.8 Å². The van der Waals surface area contributed by atoms with Gasteiger partial charge in [0.05, 0.1) is 0 Å². The Morgan fingerprint density at radius 3 is 1.26 bits per heavy atom. The summed E-state index contributed by atoms with van der Waals surface area (Å²) in [5.41, 5.74) is 17.4. The molecule has 8 rings (SSSR count). The number of hydrogen-bond acceptors (Lipinski definition) is 2. The van der Waals surface area contributed by atoms with E-state index < -0.39 is 23.2 Å². The van der Waals surface area contributed by atoms with E-state index in [1.807, 2.05) is 22.7 Å². The van der Waals surface area contributed by atoms with Gasteiger partial charge in [-0.25, -0.2) is 0 Å². The van der Waals surface area contributed by atoms with Crippen molar-refractivity contribution in [3.63, 3.8) is 0 Å². The number of allylic oxidation sites excluding steroid dienone is 2. The van der Waals surface area contributed by atoms with E-state index in [1.54, 1.807) is 22.3 Å². The van der Waals surface area contributed by atoms with Gasteiger partial charge in [0, 0.05) is 0 Å². The van der Waals surface area contributed by atoms with Crippen LogP contribution in [-0.4, -0.2) is 0 Å². The first kappa shape index (κ1) is 39.9. The fourth-order valence-electron chi connectivity index (χ4n) is 7.99. The smallest absolute Gasteiger partial charge is 1.00 e. The van der Waals surface area contributed by atoms with Gasteiger partial charge in [-0.05, 0) is 0 Å². The Kier molecular flexibility index (Phi) is 13.4. The van der Waals surface area contributed by atoms with Gasteiger partial charge in [-0.15, -0.1) is 0 Å². The Morgan fingerprint density at radius 2 is 0.906 bits per heavy atom. The number of thiophene rings is 2. The van der Waals surface area contributed by atoms with E-state index in [0.717, 1.165) is 25.7 Å². The minimum absolute atomic E-state index is 0. The maximum atomic E-state index is 2.59. The van der Waals surface area contributed by atoms with Gasteiger partial charge in [-0.3, -0.25) is 0 Å². The normalized spacial score (nSPS) is 15.5. The Hall–Kier alpha value is -2.78. The van der Waals surface area contributed by atoms with Gasteiger partial charge in [-0.1, -0.05) is 0 Å². The zero-order valence-electron chi connectivity index (χ0n) is 31.0. The molecule has 0 fully saturated rings. The largest absolute Gasteiger partial charge is 1.00 e. The molecule has 268 valence electrons. The standard InChI is InChI=1S/2C24H23S.2ClH.Zr/c2*1-3-6-17-9-11-18(12-10-17)22-8-5-7-19-15-20(16-23(19)22)24-14-13-21(4-2)25-24;;;/h2*5,7-16H,3-4,6H2,1-2H3;2*1H;/q;;;;+2/p-2. The third kappa shape index (κ3) is 7.99. The zero-order valence-corrected chi connectivity index (χ0v) is 36.6.